The SMILES string of the molecule is COC(=O)C1CC(C)NC(C)C1. The van der Waals surface area contributed by atoms with E-state index in [1.807, 2.05) is 0 Å². The van der Waals surface area contributed by atoms with Crippen molar-refractivity contribution < 1.29 is 9.53 Å². The van der Waals surface area contributed by atoms with Crippen molar-refractivity contribution in [3.05, 3.63) is 0 Å². The molecule has 1 aliphatic rings. The number of methoxy groups -OCH3 is 1. The van der Waals surface area contributed by atoms with E-state index in [0.717, 1.165) is 12.8 Å². The van der Waals surface area contributed by atoms with Crippen LogP contribution in [0.1, 0.15) is 26.7 Å². The minimum atomic E-state index is -0.0600. The van der Waals surface area contributed by atoms with Gasteiger partial charge in [-0.1, -0.05) is 0 Å². The fourth-order valence-electron chi connectivity index (χ4n) is 1.93. The molecule has 2 unspecified atom stereocenters. The van der Waals surface area contributed by atoms with Crippen molar-refractivity contribution in [3.8, 4) is 0 Å². The minimum absolute atomic E-state index is 0.0600. The number of carbonyl (C=O) groups is 1. The van der Waals surface area contributed by atoms with Gasteiger partial charge in [-0.2, -0.15) is 0 Å². The Bertz CT molecular complexity index is 160. The van der Waals surface area contributed by atoms with Crippen LogP contribution in [0.2, 0.25) is 0 Å². The van der Waals surface area contributed by atoms with Gasteiger partial charge in [-0.3, -0.25) is 4.79 Å². The summed E-state index contributed by atoms with van der Waals surface area (Å²) in [5.74, 6) is 0.0384. The number of ether oxygens (including phenoxy) is 1. The van der Waals surface area contributed by atoms with Gasteiger partial charge in [0.05, 0.1) is 13.0 Å². The van der Waals surface area contributed by atoms with Gasteiger partial charge < -0.3 is 10.1 Å². The highest BCUT2D eigenvalue weighted by atomic mass is 16.5. The maximum absolute atomic E-state index is 11.2. The summed E-state index contributed by atoms with van der Waals surface area (Å²) in [5.41, 5.74) is 0. The topological polar surface area (TPSA) is 38.3 Å². The van der Waals surface area contributed by atoms with Crippen molar-refractivity contribution in [1.29, 1.82) is 0 Å². The quantitative estimate of drug-likeness (QED) is 0.597. The zero-order valence-electron chi connectivity index (χ0n) is 7.96. The third-order valence-corrected chi connectivity index (χ3v) is 2.38. The molecule has 0 radical (unpaired) electrons. The van der Waals surface area contributed by atoms with Gasteiger partial charge in [0.1, 0.15) is 0 Å². The van der Waals surface area contributed by atoms with Gasteiger partial charge in [0.2, 0.25) is 0 Å². The lowest BCUT2D eigenvalue weighted by atomic mass is 9.89. The van der Waals surface area contributed by atoms with Crippen molar-refractivity contribution in [2.75, 3.05) is 7.11 Å². The molecule has 0 aromatic rings. The van der Waals surface area contributed by atoms with Gasteiger partial charge >= 0.3 is 5.97 Å². The molecule has 70 valence electrons. The molecule has 0 amide bonds. The Morgan fingerprint density at radius 1 is 1.33 bits per heavy atom. The first-order valence-electron chi connectivity index (χ1n) is 4.47. The van der Waals surface area contributed by atoms with E-state index in [1.54, 1.807) is 0 Å². The second-order valence-electron chi connectivity index (χ2n) is 3.66. The molecule has 2 atom stereocenters. The molecule has 1 fully saturated rings. The molecule has 1 aliphatic heterocycles. The van der Waals surface area contributed by atoms with Crippen molar-refractivity contribution in [1.82, 2.24) is 5.32 Å². The lowest BCUT2D eigenvalue weighted by molar-refractivity contribution is -0.147. The second-order valence-corrected chi connectivity index (χ2v) is 3.66. The lowest BCUT2D eigenvalue weighted by Crippen LogP contribution is -2.44. The van der Waals surface area contributed by atoms with Crippen LogP contribution in [-0.2, 0) is 9.53 Å². The lowest BCUT2D eigenvalue weighted by Gasteiger charge is -2.31. The Kier molecular flexibility index (Phi) is 3.09. The van der Waals surface area contributed by atoms with Crippen LogP contribution < -0.4 is 5.32 Å². The van der Waals surface area contributed by atoms with E-state index in [1.165, 1.54) is 7.11 Å². The van der Waals surface area contributed by atoms with Gasteiger partial charge in [-0.15, -0.1) is 0 Å². The van der Waals surface area contributed by atoms with Crippen LogP contribution in [0, 0.1) is 5.92 Å². The Morgan fingerprint density at radius 2 is 1.83 bits per heavy atom. The molecule has 3 heteroatoms. The molecule has 0 bridgehead atoms. The Morgan fingerprint density at radius 3 is 2.25 bits per heavy atom. The van der Waals surface area contributed by atoms with E-state index < -0.39 is 0 Å². The van der Waals surface area contributed by atoms with Crippen LogP contribution in [0.15, 0.2) is 0 Å². The summed E-state index contributed by atoms with van der Waals surface area (Å²) in [4.78, 5) is 11.2. The smallest absolute Gasteiger partial charge is 0.308 e. The maximum Gasteiger partial charge on any atom is 0.308 e. The summed E-state index contributed by atoms with van der Waals surface area (Å²) in [5, 5.41) is 3.38. The van der Waals surface area contributed by atoms with E-state index in [4.69, 9.17) is 4.74 Å². The van der Waals surface area contributed by atoms with Gasteiger partial charge in [-0.05, 0) is 26.7 Å². The fraction of sp³-hybridized carbons (Fsp3) is 0.889. The van der Waals surface area contributed by atoms with Crippen LogP contribution in [0.5, 0.6) is 0 Å². The van der Waals surface area contributed by atoms with Crippen molar-refractivity contribution in [2.24, 2.45) is 5.92 Å². The summed E-state index contributed by atoms with van der Waals surface area (Å²) in [7, 11) is 1.46. The van der Waals surface area contributed by atoms with E-state index >= 15 is 0 Å². The molecule has 1 rings (SSSR count). The molecular weight excluding hydrogens is 154 g/mol. The van der Waals surface area contributed by atoms with E-state index in [-0.39, 0.29) is 11.9 Å². The highest BCUT2D eigenvalue weighted by Gasteiger charge is 2.28. The molecular formula is C9H17NO2. The van der Waals surface area contributed by atoms with Crippen molar-refractivity contribution in [2.45, 2.75) is 38.8 Å². The van der Waals surface area contributed by atoms with Crippen LogP contribution in [0.4, 0.5) is 0 Å². The number of nitrogens with one attached hydrogen (secondary N) is 1. The van der Waals surface area contributed by atoms with Gasteiger partial charge in [0.15, 0.2) is 0 Å². The number of piperidine rings is 1. The molecule has 0 aromatic heterocycles. The third-order valence-electron chi connectivity index (χ3n) is 2.38. The molecule has 0 spiro atoms. The molecule has 1 saturated heterocycles. The Labute approximate surface area is 73.5 Å². The molecule has 0 saturated carbocycles. The highest BCUT2D eigenvalue weighted by Crippen LogP contribution is 2.20. The average molecular weight is 171 g/mol. The standard InChI is InChI=1S/C9H17NO2/c1-6-4-8(9(11)12-3)5-7(2)10-6/h6-8,10H,4-5H2,1-3H3. The van der Waals surface area contributed by atoms with Crippen LogP contribution in [0.3, 0.4) is 0 Å². The number of esters is 1. The molecule has 1 heterocycles. The van der Waals surface area contributed by atoms with E-state index in [2.05, 4.69) is 19.2 Å². The first kappa shape index (κ1) is 9.52. The number of hydrogen-bond donors (Lipinski definition) is 1. The Hall–Kier alpha value is -0.570. The first-order valence-corrected chi connectivity index (χ1v) is 4.47. The molecule has 1 N–H and O–H groups in total. The summed E-state index contributed by atoms with van der Waals surface area (Å²) in [6.07, 6.45) is 1.80. The maximum atomic E-state index is 11.2. The second kappa shape index (κ2) is 3.90. The minimum Gasteiger partial charge on any atom is -0.469 e. The van der Waals surface area contributed by atoms with Crippen LogP contribution in [-0.4, -0.2) is 25.2 Å². The van der Waals surface area contributed by atoms with E-state index in [9.17, 15) is 4.79 Å². The summed E-state index contributed by atoms with van der Waals surface area (Å²) < 4.78 is 4.72. The summed E-state index contributed by atoms with van der Waals surface area (Å²) >= 11 is 0. The number of carbonyl (C=O) groups excluding carboxylic acids is 1. The van der Waals surface area contributed by atoms with Gasteiger partial charge in [-0.25, -0.2) is 0 Å². The fourth-order valence-corrected chi connectivity index (χ4v) is 1.93. The number of rotatable bonds is 1. The molecule has 0 aliphatic carbocycles. The summed E-state index contributed by atoms with van der Waals surface area (Å²) in [6, 6.07) is 0.857. The van der Waals surface area contributed by atoms with Crippen LogP contribution in [0.25, 0.3) is 0 Å². The summed E-state index contributed by atoms with van der Waals surface area (Å²) in [6.45, 7) is 4.21. The predicted molar refractivity (Wildman–Crippen MR) is 46.8 cm³/mol. The van der Waals surface area contributed by atoms with Gasteiger partial charge in [0, 0.05) is 12.1 Å². The average Bonchev–Trinajstić information content (AvgIpc) is 2.01. The molecule has 12 heavy (non-hydrogen) atoms. The third kappa shape index (κ3) is 2.21. The molecule has 0 aromatic carbocycles. The zero-order chi connectivity index (χ0) is 9.14. The van der Waals surface area contributed by atoms with Crippen molar-refractivity contribution >= 4 is 5.97 Å². The highest BCUT2D eigenvalue weighted by molar-refractivity contribution is 5.72. The molecule has 3 nitrogen and oxygen atoms in total. The normalized spacial score (nSPS) is 36.1. The van der Waals surface area contributed by atoms with Gasteiger partial charge in [0.25, 0.3) is 0 Å². The van der Waals surface area contributed by atoms with E-state index in [0.29, 0.717) is 12.1 Å². The Balaban J connectivity index is 2.49. The largest absolute Gasteiger partial charge is 0.469 e. The van der Waals surface area contributed by atoms with Crippen molar-refractivity contribution in [3.63, 3.8) is 0 Å². The number of hydrogen-bond acceptors (Lipinski definition) is 3. The van der Waals surface area contributed by atoms with Crippen LogP contribution >= 0.6 is 0 Å². The monoisotopic (exact) mass is 171 g/mol. The first-order chi connectivity index (χ1) is 5.63. The zero-order valence-corrected chi connectivity index (χ0v) is 7.96. The predicted octanol–water partition coefficient (Wildman–Crippen LogP) is 0.936.